The second-order valence-electron chi connectivity index (χ2n) is 5.37. The van der Waals surface area contributed by atoms with Gasteiger partial charge in [-0.25, -0.2) is 0 Å². The summed E-state index contributed by atoms with van der Waals surface area (Å²) in [6, 6.07) is 11.8. The molecule has 0 amide bonds. The second kappa shape index (κ2) is 6.06. The van der Waals surface area contributed by atoms with Crippen molar-refractivity contribution in [3.05, 3.63) is 58.9 Å². The van der Waals surface area contributed by atoms with E-state index in [1.165, 1.54) is 0 Å². The highest BCUT2D eigenvalue weighted by Gasteiger charge is 2.15. The van der Waals surface area contributed by atoms with Gasteiger partial charge in [0.05, 0.1) is 12.1 Å². The van der Waals surface area contributed by atoms with Crippen molar-refractivity contribution in [1.82, 2.24) is 4.98 Å². The number of nitrogens with zero attached hydrogens (tertiary/aromatic N) is 1. The SMILES string of the molecule is Cc1cc(C(N)c2ccccc2OC(C)C)cc(C)n1. The fraction of sp³-hybridized carbons (Fsp3) is 0.353. The lowest BCUT2D eigenvalue weighted by atomic mass is 9.98. The zero-order chi connectivity index (χ0) is 14.7. The quantitative estimate of drug-likeness (QED) is 0.924. The zero-order valence-corrected chi connectivity index (χ0v) is 12.6. The summed E-state index contributed by atoms with van der Waals surface area (Å²) < 4.78 is 5.85. The molecule has 0 bridgehead atoms. The van der Waals surface area contributed by atoms with Crippen LogP contribution in [-0.4, -0.2) is 11.1 Å². The first kappa shape index (κ1) is 14.5. The first-order valence-electron chi connectivity index (χ1n) is 6.93. The lowest BCUT2D eigenvalue weighted by Gasteiger charge is -2.19. The van der Waals surface area contributed by atoms with Crippen molar-refractivity contribution in [1.29, 1.82) is 0 Å². The molecule has 1 atom stereocenters. The molecule has 1 aromatic carbocycles. The van der Waals surface area contributed by atoms with E-state index in [1.54, 1.807) is 0 Å². The van der Waals surface area contributed by atoms with Crippen molar-refractivity contribution in [2.75, 3.05) is 0 Å². The summed E-state index contributed by atoms with van der Waals surface area (Å²) in [5, 5.41) is 0. The number of nitrogens with two attached hydrogens (primary N) is 1. The molecule has 0 radical (unpaired) electrons. The molecular weight excluding hydrogens is 248 g/mol. The summed E-state index contributed by atoms with van der Waals surface area (Å²) in [5.41, 5.74) is 10.5. The number of aryl methyl sites for hydroxylation is 2. The highest BCUT2D eigenvalue weighted by molar-refractivity contribution is 5.42. The van der Waals surface area contributed by atoms with E-state index in [-0.39, 0.29) is 12.1 Å². The third-order valence-corrected chi connectivity index (χ3v) is 3.08. The largest absolute Gasteiger partial charge is 0.491 e. The van der Waals surface area contributed by atoms with Crippen LogP contribution in [0, 0.1) is 13.8 Å². The second-order valence-corrected chi connectivity index (χ2v) is 5.37. The minimum Gasteiger partial charge on any atom is -0.491 e. The van der Waals surface area contributed by atoms with Crippen molar-refractivity contribution in [3.8, 4) is 5.75 Å². The zero-order valence-electron chi connectivity index (χ0n) is 12.6. The molecule has 0 saturated heterocycles. The molecular formula is C17H22N2O. The summed E-state index contributed by atoms with van der Waals surface area (Å²) >= 11 is 0. The van der Waals surface area contributed by atoms with Crippen LogP contribution >= 0.6 is 0 Å². The third-order valence-electron chi connectivity index (χ3n) is 3.08. The number of pyridine rings is 1. The van der Waals surface area contributed by atoms with Crippen LogP contribution in [-0.2, 0) is 0 Å². The average molecular weight is 270 g/mol. The molecule has 0 aliphatic carbocycles. The van der Waals surface area contributed by atoms with Gasteiger partial charge in [-0.15, -0.1) is 0 Å². The Labute approximate surface area is 120 Å². The molecule has 1 unspecified atom stereocenters. The summed E-state index contributed by atoms with van der Waals surface area (Å²) in [6.07, 6.45) is 0.129. The summed E-state index contributed by atoms with van der Waals surface area (Å²) in [5.74, 6) is 0.849. The van der Waals surface area contributed by atoms with Crippen molar-refractivity contribution >= 4 is 0 Å². The van der Waals surface area contributed by atoms with Crippen molar-refractivity contribution in [3.63, 3.8) is 0 Å². The van der Waals surface area contributed by atoms with Crippen LogP contribution in [0.2, 0.25) is 0 Å². The van der Waals surface area contributed by atoms with E-state index < -0.39 is 0 Å². The molecule has 0 aliphatic rings. The fourth-order valence-corrected chi connectivity index (χ4v) is 2.32. The molecule has 1 aromatic heterocycles. The summed E-state index contributed by atoms with van der Waals surface area (Å²) in [6.45, 7) is 8.01. The predicted molar refractivity (Wildman–Crippen MR) is 81.9 cm³/mol. The van der Waals surface area contributed by atoms with E-state index in [4.69, 9.17) is 10.5 Å². The fourth-order valence-electron chi connectivity index (χ4n) is 2.32. The van der Waals surface area contributed by atoms with Crippen molar-refractivity contribution in [2.45, 2.75) is 39.8 Å². The van der Waals surface area contributed by atoms with Crippen molar-refractivity contribution in [2.24, 2.45) is 5.73 Å². The normalized spacial score (nSPS) is 12.5. The minimum absolute atomic E-state index is 0.129. The van der Waals surface area contributed by atoms with Crippen molar-refractivity contribution < 1.29 is 4.74 Å². The maximum atomic E-state index is 6.42. The Kier molecular flexibility index (Phi) is 4.40. The van der Waals surface area contributed by atoms with Gasteiger partial charge in [-0.1, -0.05) is 18.2 Å². The van der Waals surface area contributed by atoms with Crippen LogP contribution in [0.25, 0.3) is 0 Å². The number of hydrogen-bond acceptors (Lipinski definition) is 3. The number of rotatable bonds is 4. The van der Waals surface area contributed by atoms with E-state index in [0.717, 1.165) is 28.3 Å². The summed E-state index contributed by atoms with van der Waals surface area (Å²) in [4.78, 5) is 4.39. The first-order chi connectivity index (χ1) is 9.47. The van der Waals surface area contributed by atoms with E-state index in [9.17, 15) is 0 Å². The standard InChI is InChI=1S/C17H22N2O/c1-11(2)20-16-8-6-5-7-15(16)17(18)14-9-12(3)19-13(4)10-14/h5-11,17H,18H2,1-4H3. The van der Waals surface area contributed by atoms with E-state index in [2.05, 4.69) is 4.98 Å². The molecule has 0 saturated carbocycles. The number of hydrogen-bond donors (Lipinski definition) is 1. The molecule has 20 heavy (non-hydrogen) atoms. The topological polar surface area (TPSA) is 48.1 Å². The van der Waals surface area contributed by atoms with E-state index in [0.29, 0.717) is 0 Å². The van der Waals surface area contributed by atoms with Crippen LogP contribution in [0.5, 0.6) is 5.75 Å². The van der Waals surface area contributed by atoms with Crippen LogP contribution < -0.4 is 10.5 Å². The molecule has 2 aromatic rings. The third kappa shape index (κ3) is 3.36. The Hall–Kier alpha value is -1.87. The van der Waals surface area contributed by atoms with Crippen LogP contribution in [0.4, 0.5) is 0 Å². The molecule has 0 spiro atoms. The molecule has 2 N–H and O–H groups in total. The average Bonchev–Trinajstić information content (AvgIpc) is 2.36. The highest BCUT2D eigenvalue weighted by Crippen LogP contribution is 2.29. The Morgan fingerprint density at radius 3 is 2.25 bits per heavy atom. The van der Waals surface area contributed by atoms with Gasteiger partial charge in [0.2, 0.25) is 0 Å². The van der Waals surface area contributed by atoms with Gasteiger partial charge in [0, 0.05) is 17.0 Å². The van der Waals surface area contributed by atoms with Gasteiger partial charge in [-0.2, -0.15) is 0 Å². The Morgan fingerprint density at radius 2 is 1.65 bits per heavy atom. The Morgan fingerprint density at radius 1 is 1.05 bits per heavy atom. The molecule has 3 nitrogen and oxygen atoms in total. The minimum atomic E-state index is -0.203. The molecule has 1 heterocycles. The van der Waals surface area contributed by atoms with Gasteiger partial charge in [-0.05, 0) is 51.5 Å². The molecule has 0 aliphatic heterocycles. The van der Waals surface area contributed by atoms with Gasteiger partial charge in [0.25, 0.3) is 0 Å². The molecule has 0 fully saturated rings. The lowest BCUT2D eigenvalue weighted by molar-refractivity contribution is 0.239. The van der Waals surface area contributed by atoms with Crippen LogP contribution in [0.15, 0.2) is 36.4 Å². The van der Waals surface area contributed by atoms with Crippen LogP contribution in [0.3, 0.4) is 0 Å². The lowest BCUT2D eigenvalue weighted by Crippen LogP contribution is -2.16. The monoisotopic (exact) mass is 270 g/mol. The number of aromatic nitrogens is 1. The number of benzene rings is 1. The van der Waals surface area contributed by atoms with E-state index in [1.807, 2.05) is 64.1 Å². The van der Waals surface area contributed by atoms with Gasteiger partial charge in [0.1, 0.15) is 5.75 Å². The molecule has 106 valence electrons. The highest BCUT2D eigenvalue weighted by atomic mass is 16.5. The van der Waals surface area contributed by atoms with Gasteiger partial charge in [0.15, 0.2) is 0 Å². The Balaban J connectivity index is 2.39. The molecule has 2 rings (SSSR count). The number of para-hydroxylation sites is 1. The summed E-state index contributed by atoms with van der Waals surface area (Å²) in [7, 11) is 0. The predicted octanol–water partition coefficient (Wildman–Crippen LogP) is 3.53. The van der Waals surface area contributed by atoms with E-state index >= 15 is 0 Å². The smallest absolute Gasteiger partial charge is 0.124 e. The van der Waals surface area contributed by atoms with Crippen LogP contribution in [0.1, 0.15) is 42.4 Å². The number of ether oxygens (including phenoxy) is 1. The first-order valence-corrected chi connectivity index (χ1v) is 6.93. The Bertz CT molecular complexity index is 573. The maximum absolute atomic E-state index is 6.42. The van der Waals surface area contributed by atoms with Gasteiger partial charge >= 0.3 is 0 Å². The maximum Gasteiger partial charge on any atom is 0.124 e. The van der Waals surface area contributed by atoms with Gasteiger partial charge in [-0.3, -0.25) is 4.98 Å². The molecule has 3 heteroatoms. The van der Waals surface area contributed by atoms with Gasteiger partial charge < -0.3 is 10.5 Å².